The van der Waals surface area contributed by atoms with E-state index >= 15 is 0 Å². The summed E-state index contributed by atoms with van der Waals surface area (Å²) in [4.78, 5) is 17.3. The van der Waals surface area contributed by atoms with E-state index in [0.29, 0.717) is 23.0 Å². The molecule has 0 aliphatic heterocycles. The van der Waals surface area contributed by atoms with Crippen LogP contribution in [-0.4, -0.2) is 29.7 Å². The van der Waals surface area contributed by atoms with Crippen LogP contribution in [0.4, 0.5) is 5.95 Å². The Kier molecular flexibility index (Phi) is 4.88. The van der Waals surface area contributed by atoms with Gasteiger partial charge in [0.25, 0.3) is 5.91 Å². The molecular weight excluding hydrogens is 318 g/mol. The number of fused-ring (bicyclic) bond motifs is 1. The molecule has 25 heavy (non-hydrogen) atoms. The molecule has 1 amide bonds. The van der Waals surface area contributed by atoms with Gasteiger partial charge in [-0.1, -0.05) is 25.1 Å². The van der Waals surface area contributed by atoms with Crippen LogP contribution in [0.2, 0.25) is 0 Å². The number of carbonyl (C=O) groups is 1. The first kappa shape index (κ1) is 16.8. The molecule has 0 atom stereocenters. The second-order valence-corrected chi connectivity index (χ2v) is 5.57. The van der Waals surface area contributed by atoms with Crippen molar-refractivity contribution in [3.05, 3.63) is 48.0 Å². The Hall–Kier alpha value is -3.02. The molecule has 0 radical (unpaired) electrons. The van der Waals surface area contributed by atoms with Crippen LogP contribution in [0.1, 0.15) is 23.7 Å². The quantitative estimate of drug-likeness (QED) is 0.743. The summed E-state index contributed by atoms with van der Waals surface area (Å²) in [6.45, 7) is 2.86. The minimum atomic E-state index is -0.289. The number of hydrogen-bond acceptors (Lipinski definition) is 4. The van der Waals surface area contributed by atoms with Crippen molar-refractivity contribution in [3.63, 3.8) is 0 Å². The molecular formula is C19H21N3O3. The summed E-state index contributed by atoms with van der Waals surface area (Å²) in [6, 6.07) is 13.0. The smallest absolute Gasteiger partial charge is 0.261 e. The standard InChI is InChI=1S/C19H21N3O3/c1-4-12-22-15-10-6-5-9-14(15)20-19(22)21-18(23)13-8-7-11-16(24-2)17(13)25-3/h5-11H,4,12H2,1-3H3,(H,20,21,23). The number of nitrogens with zero attached hydrogens (tertiary/aromatic N) is 2. The molecule has 6 nitrogen and oxygen atoms in total. The van der Waals surface area contributed by atoms with Crippen LogP contribution in [-0.2, 0) is 6.54 Å². The Morgan fingerprint density at radius 2 is 1.92 bits per heavy atom. The van der Waals surface area contributed by atoms with E-state index < -0.39 is 0 Å². The Balaban J connectivity index is 1.99. The van der Waals surface area contributed by atoms with E-state index in [4.69, 9.17) is 9.47 Å². The fraction of sp³-hybridized carbons (Fsp3) is 0.263. The van der Waals surface area contributed by atoms with E-state index in [0.717, 1.165) is 24.0 Å². The predicted molar refractivity (Wildman–Crippen MR) is 97.5 cm³/mol. The van der Waals surface area contributed by atoms with Gasteiger partial charge in [0.05, 0.1) is 30.8 Å². The third-order valence-electron chi connectivity index (χ3n) is 3.97. The molecule has 2 aromatic carbocycles. The molecule has 0 aliphatic carbocycles. The summed E-state index contributed by atoms with van der Waals surface area (Å²) in [7, 11) is 3.06. The number of nitrogens with one attached hydrogen (secondary N) is 1. The number of carbonyl (C=O) groups excluding carboxylic acids is 1. The molecule has 0 saturated heterocycles. The number of aromatic nitrogens is 2. The molecule has 0 aliphatic rings. The summed E-state index contributed by atoms with van der Waals surface area (Å²) < 4.78 is 12.6. The summed E-state index contributed by atoms with van der Waals surface area (Å²) >= 11 is 0. The van der Waals surface area contributed by atoms with Gasteiger partial charge in [-0.05, 0) is 30.7 Å². The number of para-hydroxylation sites is 3. The molecule has 3 rings (SSSR count). The van der Waals surface area contributed by atoms with Crippen LogP contribution in [0.15, 0.2) is 42.5 Å². The molecule has 3 aromatic rings. The fourth-order valence-electron chi connectivity index (χ4n) is 2.86. The second kappa shape index (κ2) is 7.25. The number of anilines is 1. The van der Waals surface area contributed by atoms with Crippen molar-refractivity contribution in [2.24, 2.45) is 0 Å². The van der Waals surface area contributed by atoms with Crippen molar-refractivity contribution in [3.8, 4) is 11.5 Å². The molecule has 0 spiro atoms. The molecule has 0 saturated carbocycles. The maximum atomic E-state index is 12.8. The van der Waals surface area contributed by atoms with E-state index in [-0.39, 0.29) is 5.91 Å². The lowest BCUT2D eigenvalue weighted by atomic mass is 10.1. The van der Waals surface area contributed by atoms with Gasteiger partial charge < -0.3 is 14.0 Å². The van der Waals surface area contributed by atoms with Gasteiger partial charge in [-0.2, -0.15) is 0 Å². The van der Waals surface area contributed by atoms with Gasteiger partial charge in [-0.3, -0.25) is 10.1 Å². The second-order valence-electron chi connectivity index (χ2n) is 5.57. The zero-order chi connectivity index (χ0) is 17.8. The number of hydrogen-bond donors (Lipinski definition) is 1. The molecule has 1 aromatic heterocycles. The molecule has 1 heterocycles. The summed E-state index contributed by atoms with van der Waals surface area (Å²) in [5.41, 5.74) is 2.25. The normalized spacial score (nSPS) is 10.7. The van der Waals surface area contributed by atoms with E-state index in [2.05, 4.69) is 17.2 Å². The van der Waals surface area contributed by atoms with Gasteiger partial charge in [0.2, 0.25) is 5.95 Å². The first-order chi connectivity index (χ1) is 12.2. The first-order valence-corrected chi connectivity index (χ1v) is 8.17. The average molecular weight is 339 g/mol. The number of imidazole rings is 1. The number of ether oxygens (including phenoxy) is 2. The summed E-state index contributed by atoms with van der Waals surface area (Å²) in [5.74, 6) is 1.15. The molecule has 0 unspecified atom stereocenters. The van der Waals surface area contributed by atoms with E-state index in [1.807, 2.05) is 28.8 Å². The highest BCUT2D eigenvalue weighted by molar-refractivity contribution is 6.06. The maximum Gasteiger partial charge on any atom is 0.261 e. The van der Waals surface area contributed by atoms with Crippen LogP contribution in [0, 0.1) is 0 Å². The largest absolute Gasteiger partial charge is 0.493 e. The van der Waals surface area contributed by atoms with Crippen molar-refractivity contribution in [2.75, 3.05) is 19.5 Å². The van der Waals surface area contributed by atoms with Gasteiger partial charge in [-0.15, -0.1) is 0 Å². The molecule has 130 valence electrons. The van der Waals surface area contributed by atoms with Crippen molar-refractivity contribution >= 4 is 22.9 Å². The predicted octanol–water partition coefficient (Wildman–Crippen LogP) is 3.72. The Bertz CT molecular complexity index is 902. The Morgan fingerprint density at radius 1 is 1.12 bits per heavy atom. The SMILES string of the molecule is CCCn1c(NC(=O)c2cccc(OC)c2OC)nc2ccccc21. The average Bonchev–Trinajstić information content (AvgIpc) is 2.98. The zero-order valence-corrected chi connectivity index (χ0v) is 14.6. The molecule has 6 heteroatoms. The lowest BCUT2D eigenvalue weighted by Gasteiger charge is -2.13. The van der Waals surface area contributed by atoms with Crippen molar-refractivity contribution < 1.29 is 14.3 Å². The van der Waals surface area contributed by atoms with E-state index in [1.165, 1.54) is 7.11 Å². The zero-order valence-electron chi connectivity index (χ0n) is 14.6. The van der Waals surface area contributed by atoms with Gasteiger partial charge >= 0.3 is 0 Å². The fourth-order valence-corrected chi connectivity index (χ4v) is 2.86. The number of amides is 1. The molecule has 0 fully saturated rings. The number of methoxy groups -OCH3 is 2. The van der Waals surface area contributed by atoms with Crippen molar-refractivity contribution in [2.45, 2.75) is 19.9 Å². The van der Waals surface area contributed by atoms with Crippen LogP contribution in [0.3, 0.4) is 0 Å². The van der Waals surface area contributed by atoms with Crippen molar-refractivity contribution in [1.82, 2.24) is 9.55 Å². The van der Waals surface area contributed by atoms with Gasteiger partial charge in [0.1, 0.15) is 0 Å². The van der Waals surface area contributed by atoms with Gasteiger partial charge in [-0.25, -0.2) is 4.98 Å². The lowest BCUT2D eigenvalue weighted by molar-refractivity contribution is 0.102. The minimum Gasteiger partial charge on any atom is -0.493 e. The highest BCUT2D eigenvalue weighted by Gasteiger charge is 2.19. The number of rotatable bonds is 6. The number of aryl methyl sites for hydroxylation is 1. The molecule has 0 bridgehead atoms. The molecule has 1 N–H and O–H groups in total. The number of benzene rings is 2. The Labute approximate surface area is 146 Å². The highest BCUT2D eigenvalue weighted by Crippen LogP contribution is 2.31. The van der Waals surface area contributed by atoms with Crippen LogP contribution >= 0.6 is 0 Å². The third-order valence-corrected chi connectivity index (χ3v) is 3.97. The van der Waals surface area contributed by atoms with Crippen LogP contribution in [0.5, 0.6) is 11.5 Å². The lowest BCUT2D eigenvalue weighted by Crippen LogP contribution is -2.17. The van der Waals surface area contributed by atoms with E-state index in [9.17, 15) is 4.79 Å². The first-order valence-electron chi connectivity index (χ1n) is 8.17. The van der Waals surface area contributed by atoms with Crippen molar-refractivity contribution in [1.29, 1.82) is 0 Å². The van der Waals surface area contributed by atoms with Crippen LogP contribution < -0.4 is 14.8 Å². The van der Waals surface area contributed by atoms with Gasteiger partial charge in [0, 0.05) is 6.54 Å². The minimum absolute atomic E-state index is 0.289. The maximum absolute atomic E-state index is 12.8. The monoisotopic (exact) mass is 339 g/mol. The third kappa shape index (κ3) is 3.15. The van der Waals surface area contributed by atoms with Crippen LogP contribution in [0.25, 0.3) is 11.0 Å². The van der Waals surface area contributed by atoms with Gasteiger partial charge in [0.15, 0.2) is 11.5 Å². The topological polar surface area (TPSA) is 65.4 Å². The van der Waals surface area contributed by atoms with E-state index in [1.54, 1.807) is 25.3 Å². The Morgan fingerprint density at radius 3 is 2.64 bits per heavy atom. The summed E-state index contributed by atoms with van der Waals surface area (Å²) in [5, 5.41) is 2.90. The highest BCUT2D eigenvalue weighted by atomic mass is 16.5. The summed E-state index contributed by atoms with van der Waals surface area (Å²) in [6.07, 6.45) is 0.936.